The Morgan fingerprint density at radius 2 is 2.24 bits per heavy atom. The van der Waals surface area contributed by atoms with Gasteiger partial charge in [0.15, 0.2) is 0 Å². The highest BCUT2D eigenvalue weighted by Crippen LogP contribution is 2.29. The molecule has 0 radical (unpaired) electrons. The fourth-order valence-electron chi connectivity index (χ4n) is 3.27. The molecule has 0 aliphatic heterocycles. The number of carbonyl (C=O) groups is 1. The van der Waals surface area contributed by atoms with Crippen molar-refractivity contribution >= 4 is 5.91 Å². The molecule has 0 bridgehead atoms. The van der Waals surface area contributed by atoms with Crippen LogP contribution in [0, 0.1) is 5.92 Å². The number of phenolic OH excluding ortho intramolecular Hbond substituents is 1. The van der Waals surface area contributed by atoms with Gasteiger partial charge in [-0.2, -0.15) is 0 Å². The topological polar surface area (TPSA) is 66.6 Å². The van der Waals surface area contributed by atoms with Crippen molar-refractivity contribution in [2.24, 2.45) is 11.7 Å². The minimum Gasteiger partial charge on any atom is -0.508 e. The Morgan fingerprint density at radius 1 is 1.48 bits per heavy atom. The van der Waals surface area contributed by atoms with Gasteiger partial charge in [0.05, 0.1) is 6.04 Å². The zero-order chi connectivity index (χ0) is 15.4. The van der Waals surface area contributed by atoms with E-state index in [1.165, 1.54) is 0 Å². The van der Waals surface area contributed by atoms with Crippen molar-refractivity contribution in [3.05, 3.63) is 29.8 Å². The molecule has 3 N–H and O–H groups in total. The summed E-state index contributed by atoms with van der Waals surface area (Å²) in [5, 5.41) is 9.62. The van der Waals surface area contributed by atoms with Crippen molar-refractivity contribution in [2.75, 3.05) is 6.54 Å². The minimum atomic E-state index is -0.0345. The van der Waals surface area contributed by atoms with Gasteiger partial charge in [0.25, 0.3) is 0 Å². The van der Waals surface area contributed by atoms with E-state index in [-0.39, 0.29) is 29.7 Å². The van der Waals surface area contributed by atoms with Crippen LogP contribution in [0.25, 0.3) is 0 Å². The van der Waals surface area contributed by atoms with E-state index < -0.39 is 0 Å². The van der Waals surface area contributed by atoms with Gasteiger partial charge in [-0.3, -0.25) is 4.79 Å². The fourth-order valence-corrected chi connectivity index (χ4v) is 3.27. The molecule has 0 spiro atoms. The van der Waals surface area contributed by atoms with Crippen LogP contribution in [0.1, 0.15) is 51.1 Å². The summed E-state index contributed by atoms with van der Waals surface area (Å²) in [5.41, 5.74) is 6.97. The zero-order valence-electron chi connectivity index (χ0n) is 13.0. The first-order valence-electron chi connectivity index (χ1n) is 7.88. The highest BCUT2D eigenvalue weighted by molar-refractivity contribution is 5.79. The number of aromatic hydroxyl groups is 1. The molecule has 1 aliphatic carbocycles. The van der Waals surface area contributed by atoms with Gasteiger partial charge < -0.3 is 15.7 Å². The molecular formula is C17H26N2O2. The second-order valence-corrected chi connectivity index (χ2v) is 6.02. The number of phenols is 1. The van der Waals surface area contributed by atoms with Gasteiger partial charge in [-0.15, -0.1) is 0 Å². The molecule has 1 fully saturated rings. The third-order valence-electron chi connectivity index (χ3n) is 4.51. The molecule has 3 unspecified atom stereocenters. The second kappa shape index (κ2) is 6.94. The summed E-state index contributed by atoms with van der Waals surface area (Å²) in [4.78, 5) is 14.7. The normalized spacial score (nSPS) is 23.6. The smallest absolute Gasteiger partial charge is 0.226 e. The van der Waals surface area contributed by atoms with Crippen LogP contribution in [0.4, 0.5) is 0 Å². The minimum absolute atomic E-state index is 0.0345. The van der Waals surface area contributed by atoms with Crippen LogP contribution in [-0.4, -0.2) is 28.5 Å². The van der Waals surface area contributed by atoms with E-state index in [4.69, 9.17) is 5.73 Å². The number of nitrogens with zero attached hydrogens (tertiary/aromatic N) is 1. The lowest BCUT2D eigenvalue weighted by Crippen LogP contribution is -2.41. The number of nitrogens with two attached hydrogens (primary N) is 1. The summed E-state index contributed by atoms with van der Waals surface area (Å²) in [5.74, 6) is 0.486. The summed E-state index contributed by atoms with van der Waals surface area (Å²) >= 11 is 0. The van der Waals surface area contributed by atoms with E-state index >= 15 is 0 Å². The molecule has 1 aromatic rings. The number of benzene rings is 1. The summed E-state index contributed by atoms with van der Waals surface area (Å²) < 4.78 is 0. The highest BCUT2D eigenvalue weighted by Gasteiger charge is 2.30. The summed E-state index contributed by atoms with van der Waals surface area (Å²) in [7, 11) is 0. The van der Waals surface area contributed by atoms with E-state index in [2.05, 4.69) is 0 Å². The number of hydrogen-bond donors (Lipinski definition) is 2. The first kappa shape index (κ1) is 15.8. The lowest BCUT2D eigenvalue weighted by atomic mass is 9.85. The summed E-state index contributed by atoms with van der Waals surface area (Å²) in [6.07, 6.45) is 3.80. The van der Waals surface area contributed by atoms with Crippen LogP contribution in [-0.2, 0) is 4.79 Å². The lowest BCUT2D eigenvalue weighted by molar-refractivity contribution is -0.138. The average molecular weight is 290 g/mol. The summed E-state index contributed by atoms with van der Waals surface area (Å²) in [6, 6.07) is 7.26. The van der Waals surface area contributed by atoms with Gasteiger partial charge in [-0.1, -0.05) is 18.6 Å². The maximum Gasteiger partial charge on any atom is 0.226 e. The van der Waals surface area contributed by atoms with Crippen LogP contribution >= 0.6 is 0 Å². The van der Waals surface area contributed by atoms with E-state index in [0.717, 1.165) is 31.2 Å². The molecule has 2 rings (SSSR count). The molecule has 1 saturated carbocycles. The van der Waals surface area contributed by atoms with Crippen molar-refractivity contribution in [2.45, 2.75) is 51.6 Å². The van der Waals surface area contributed by atoms with E-state index in [9.17, 15) is 9.90 Å². The fraction of sp³-hybridized carbons (Fsp3) is 0.588. The monoisotopic (exact) mass is 290 g/mol. The molecule has 1 aliphatic rings. The molecule has 0 aromatic heterocycles. The molecule has 4 heteroatoms. The second-order valence-electron chi connectivity index (χ2n) is 6.02. The molecular weight excluding hydrogens is 264 g/mol. The molecule has 3 atom stereocenters. The Hall–Kier alpha value is -1.55. The number of rotatable bonds is 4. The number of carbonyl (C=O) groups excluding carboxylic acids is 1. The summed E-state index contributed by atoms with van der Waals surface area (Å²) in [6.45, 7) is 4.68. The standard InChI is InChI=1S/C17H26N2O2/c1-3-19(12(2)13-6-5-9-16(20)11-13)17(21)14-7-4-8-15(18)10-14/h5-6,9,11-12,14-15,20H,3-4,7-8,10,18H2,1-2H3. The lowest BCUT2D eigenvalue weighted by Gasteiger charge is -2.34. The SMILES string of the molecule is CCN(C(=O)C1CCCC(N)C1)C(C)c1cccc(O)c1. The third-order valence-corrected chi connectivity index (χ3v) is 4.51. The van der Waals surface area contributed by atoms with Crippen molar-refractivity contribution in [1.82, 2.24) is 4.90 Å². The van der Waals surface area contributed by atoms with Crippen LogP contribution < -0.4 is 5.73 Å². The number of hydrogen-bond acceptors (Lipinski definition) is 3. The van der Waals surface area contributed by atoms with E-state index in [0.29, 0.717) is 6.54 Å². The number of amides is 1. The molecule has 0 saturated heterocycles. The predicted octanol–water partition coefficient (Wildman–Crippen LogP) is 2.82. The molecule has 21 heavy (non-hydrogen) atoms. The van der Waals surface area contributed by atoms with Crippen LogP contribution in [0.3, 0.4) is 0 Å². The van der Waals surface area contributed by atoms with Crippen molar-refractivity contribution < 1.29 is 9.90 Å². The van der Waals surface area contributed by atoms with Crippen molar-refractivity contribution in [3.8, 4) is 5.75 Å². The largest absolute Gasteiger partial charge is 0.508 e. The van der Waals surface area contributed by atoms with Gasteiger partial charge in [0.1, 0.15) is 5.75 Å². The Labute approximate surface area is 126 Å². The van der Waals surface area contributed by atoms with Gasteiger partial charge in [0.2, 0.25) is 5.91 Å². The van der Waals surface area contributed by atoms with Gasteiger partial charge in [-0.25, -0.2) is 0 Å². The Kier molecular flexibility index (Phi) is 5.23. The van der Waals surface area contributed by atoms with Gasteiger partial charge in [-0.05, 0) is 50.8 Å². The van der Waals surface area contributed by atoms with Crippen LogP contribution in [0.5, 0.6) is 5.75 Å². The molecule has 4 nitrogen and oxygen atoms in total. The Bertz CT molecular complexity index is 489. The van der Waals surface area contributed by atoms with Crippen LogP contribution in [0.2, 0.25) is 0 Å². The Morgan fingerprint density at radius 3 is 2.86 bits per heavy atom. The maximum absolute atomic E-state index is 12.8. The van der Waals surface area contributed by atoms with E-state index in [1.807, 2.05) is 30.9 Å². The first-order valence-corrected chi connectivity index (χ1v) is 7.88. The van der Waals surface area contributed by atoms with Gasteiger partial charge in [0, 0.05) is 18.5 Å². The zero-order valence-corrected chi connectivity index (χ0v) is 13.0. The maximum atomic E-state index is 12.8. The molecule has 116 valence electrons. The van der Waals surface area contributed by atoms with Crippen molar-refractivity contribution in [1.29, 1.82) is 0 Å². The third kappa shape index (κ3) is 3.76. The molecule has 1 amide bonds. The quantitative estimate of drug-likeness (QED) is 0.896. The predicted molar refractivity (Wildman–Crippen MR) is 83.8 cm³/mol. The molecule has 0 heterocycles. The van der Waals surface area contributed by atoms with Crippen LogP contribution in [0.15, 0.2) is 24.3 Å². The van der Waals surface area contributed by atoms with E-state index in [1.54, 1.807) is 12.1 Å². The molecule has 1 aromatic carbocycles. The van der Waals surface area contributed by atoms with Gasteiger partial charge >= 0.3 is 0 Å². The highest BCUT2D eigenvalue weighted by atomic mass is 16.3. The average Bonchev–Trinajstić information content (AvgIpc) is 2.47. The Balaban J connectivity index is 2.12. The first-order chi connectivity index (χ1) is 10.0. The van der Waals surface area contributed by atoms with Crippen molar-refractivity contribution in [3.63, 3.8) is 0 Å².